The highest BCUT2D eigenvalue weighted by Gasteiger charge is 2.07. The van der Waals surface area contributed by atoms with Crippen LogP contribution >= 0.6 is 0 Å². The van der Waals surface area contributed by atoms with Crippen molar-refractivity contribution in [3.63, 3.8) is 0 Å². The zero-order valence-corrected chi connectivity index (χ0v) is 11.3. The van der Waals surface area contributed by atoms with Gasteiger partial charge >= 0.3 is 0 Å². The molecule has 6 heteroatoms. The molecule has 0 aliphatic carbocycles. The fourth-order valence-corrected chi connectivity index (χ4v) is 2.60. The molecule has 0 fully saturated rings. The van der Waals surface area contributed by atoms with Gasteiger partial charge in [-0.1, -0.05) is 0 Å². The molecule has 6 nitrogen and oxygen atoms in total. The predicted octanol–water partition coefficient (Wildman–Crippen LogP) is 2.67. The summed E-state index contributed by atoms with van der Waals surface area (Å²) < 4.78 is 0. The van der Waals surface area contributed by atoms with Crippen LogP contribution in [0.5, 0.6) is 0 Å². The summed E-state index contributed by atoms with van der Waals surface area (Å²) in [6.07, 6.45) is 6.69. The molecule has 0 aliphatic heterocycles. The van der Waals surface area contributed by atoms with Crippen molar-refractivity contribution in [3.8, 4) is 0 Å². The SMILES string of the molecule is c1cnc2cc3nc4cc5nccnc5cc4nc3cc2n1. The molecule has 0 saturated heterocycles. The quantitative estimate of drug-likeness (QED) is 0.407. The lowest BCUT2D eigenvalue weighted by molar-refractivity contribution is 1.28. The number of hydrogen-bond acceptors (Lipinski definition) is 6. The number of aromatic nitrogens is 6. The molecule has 0 aliphatic rings. The van der Waals surface area contributed by atoms with Gasteiger partial charge in [-0.25, -0.2) is 9.97 Å². The first-order valence-corrected chi connectivity index (χ1v) is 6.80. The Kier molecular flexibility index (Phi) is 2.13. The van der Waals surface area contributed by atoms with E-state index in [0.29, 0.717) is 0 Å². The Morgan fingerprint density at radius 3 is 0.909 bits per heavy atom. The highest BCUT2D eigenvalue weighted by atomic mass is 14.8. The summed E-state index contributed by atoms with van der Waals surface area (Å²) in [4.78, 5) is 26.6. The van der Waals surface area contributed by atoms with Crippen LogP contribution < -0.4 is 0 Å². The first kappa shape index (κ1) is 11.4. The zero-order valence-electron chi connectivity index (χ0n) is 11.3. The Balaban J connectivity index is 1.93. The molecule has 3 heterocycles. The summed E-state index contributed by atoms with van der Waals surface area (Å²) in [5.74, 6) is 0. The average molecular weight is 284 g/mol. The Labute approximate surface area is 123 Å². The minimum absolute atomic E-state index is 0.795. The molecule has 0 radical (unpaired) electrons. The molecular formula is C16H8N6. The average Bonchev–Trinajstić information content (AvgIpc) is 2.56. The van der Waals surface area contributed by atoms with Gasteiger partial charge in [-0.3, -0.25) is 19.9 Å². The molecule has 0 N–H and O–H groups in total. The van der Waals surface area contributed by atoms with Crippen LogP contribution in [0, 0.1) is 0 Å². The van der Waals surface area contributed by atoms with Gasteiger partial charge in [-0.15, -0.1) is 0 Å². The third kappa shape index (κ3) is 1.61. The fourth-order valence-electron chi connectivity index (χ4n) is 2.60. The van der Waals surface area contributed by atoms with E-state index in [1.54, 1.807) is 24.8 Å². The van der Waals surface area contributed by atoms with E-state index in [9.17, 15) is 0 Å². The summed E-state index contributed by atoms with van der Waals surface area (Å²) in [5, 5.41) is 0. The maximum Gasteiger partial charge on any atom is 0.0917 e. The Bertz CT molecular complexity index is 1000. The largest absolute Gasteiger partial charge is 0.253 e. The summed E-state index contributed by atoms with van der Waals surface area (Å²) in [5.41, 5.74) is 6.42. The van der Waals surface area contributed by atoms with Crippen molar-refractivity contribution in [2.24, 2.45) is 0 Å². The second-order valence-corrected chi connectivity index (χ2v) is 5.00. The van der Waals surface area contributed by atoms with Gasteiger partial charge in [0.2, 0.25) is 0 Å². The van der Waals surface area contributed by atoms with E-state index in [-0.39, 0.29) is 0 Å². The molecule has 0 amide bonds. The van der Waals surface area contributed by atoms with Crippen molar-refractivity contribution in [1.82, 2.24) is 29.9 Å². The van der Waals surface area contributed by atoms with Crippen LogP contribution in [0.1, 0.15) is 0 Å². The number of nitrogens with zero attached hydrogens (tertiary/aromatic N) is 6. The molecule has 102 valence electrons. The van der Waals surface area contributed by atoms with E-state index in [4.69, 9.17) is 0 Å². The van der Waals surface area contributed by atoms with Crippen molar-refractivity contribution in [1.29, 1.82) is 0 Å². The minimum atomic E-state index is 0.795. The standard InChI is InChI=1S/C16H8N6/c1-2-18-10-6-14-13(5-9(10)17-1)21-15-7-11-12(8-16(15)22-14)20-4-3-19-11/h1-8H. The highest BCUT2D eigenvalue weighted by molar-refractivity contribution is 5.97. The van der Waals surface area contributed by atoms with Crippen molar-refractivity contribution in [3.05, 3.63) is 49.1 Å². The van der Waals surface area contributed by atoms with Gasteiger partial charge in [-0.2, -0.15) is 0 Å². The smallest absolute Gasteiger partial charge is 0.0917 e. The van der Waals surface area contributed by atoms with Gasteiger partial charge in [0.25, 0.3) is 0 Å². The fraction of sp³-hybridized carbons (Fsp3) is 0. The van der Waals surface area contributed by atoms with E-state index < -0.39 is 0 Å². The van der Waals surface area contributed by atoms with Crippen LogP contribution in [0.15, 0.2) is 49.1 Å². The van der Waals surface area contributed by atoms with Gasteiger partial charge < -0.3 is 0 Å². The van der Waals surface area contributed by atoms with Crippen LogP contribution in [0.25, 0.3) is 44.1 Å². The van der Waals surface area contributed by atoms with Gasteiger partial charge in [0.05, 0.1) is 44.1 Å². The summed E-state index contributed by atoms with van der Waals surface area (Å²) in [7, 11) is 0. The third-order valence-corrected chi connectivity index (χ3v) is 3.61. The minimum Gasteiger partial charge on any atom is -0.253 e. The lowest BCUT2D eigenvalue weighted by Gasteiger charge is -2.03. The van der Waals surface area contributed by atoms with E-state index >= 15 is 0 Å². The Morgan fingerprint density at radius 1 is 0.364 bits per heavy atom. The molecule has 3 aromatic heterocycles. The predicted molar refractivity (Wildman–Crippen MR) is 83.2 cm³/mol. The number of benzene rings is 2. The lowest BCUT2D eigenvalue weighted by Crippen LogP contribution is -1.91. The normalized spacial score (nSPS) is 11.6. The van der Waals surface area contributed by atoms with Crippen LogP contribution in [0.4, 0.5) is 0 Å². The van der Waals surface area contributed by atoms with Crippen molar-refractivity contribution in [2.75, 3.05) is 0 Å². The topological polar surface area (TPSA) is 77.3 Å². The second kappa shape index (κ2) is 4.11. The number of fused-ring (bicyclic) bond motifs is 4. The maximum atomic E-state index is 4.68. The molecule has 0 bridgehead atoms. The lowest BCUT2D eigenvalue weighted by atomic mass is 10.2. The molecule has 0 spiro atoms. The van der Waals surface area contributed by atoms with E-state index in [1.165, 1.54) is 0 Å². The van der Waals surface area contributed by atoms with E-state index in [2.05, 4.69) is 29.9 Å². The summed E-state index contributed by atoms with van der Waals surface area (Å²) >= 11 is 0. The Hall–Kier alpha value is -3.28. The van der Waals surface area contributed by atoms with Gasteiger partial charge in [0, 0.05) is 24.8 Å². The first-order valence-electron chi connectivity index (χ1n) is 6.80. The Morgan fingerprint density at radius 2 is 0.636 bits per heavy atom. The van der Waals surface area contributed by atoms with Gasteiger partial charge in [0.15, 0.2) is 0 Å². The van der Waals surface area contributed by atoms with Crippen molar-refractivity contribution >= 4 is 44.1 Å². The third-order valence-electron chi connectivity index (χ3n) is 3.61. The van der Waals surface area contributed by atoms with Crippen molar-refractivity contribution in [2.45, 2.75) is 0 Å². The van der Waals surface area contributed by atoms with Crippen LogP contribution in [-0.4, -0.2) is 29.9 Å². The molecule has 0 saturated carbocycles. The first-order chi connectivity index (χ1) is 10.9. The highest BCUT2D eigenvalue weighted by Crippen LogP contribution is 2.22. The van der Waals surface area contributed by atoms with E-state index in [1.807, 2.05) is 24.3 Å². The summed E-state index contributed by atoms with van der Waals surface area (Å²) in [6.45, 7) is 0. The van der Waals surface area contributed by atoms with Crippen LogP contribution in [-0.2, 0) is 0 Å². The summed E-state index contributed by atoms with van der Waals surface area (Å²) in [6, 6.07) is 7.63. The molecule has 2 aromatic carbocycles. The number of hydrogen-bond donors (Lipinski definition) is 0. The monoisotopic (exact) mass is 284 g/mol. The molecule has 5 aromatic rings. The van der Waals surface area contributed by atoms with Crippen LogP contribution in [0.3, 0.4) is 0 Å². The van der Waals surface area contributed by atoms with Gasteiger partial charge in [0.1, 0.15) is 0 Å². The second-order valence-electron chi connectivity index (χ2n) is 5.00. The molecule has 0 atom stereocenters. The van der Waals surface area contributed by atoms with Crippen molar-refractivity contribution < 1.29 is 0 Å². The van der Waals surface area contributed by atoms with Crippen LogP contribution in [0.2, 0.25) is 0 Å². The molecule has 0 unspecified atom stereocenters. The van der Waals surface area contributed by atoms with Gasteiger partial charge in [-0.05, 0) is 24.3 Å². The molecule has 22 heavy (non-hydrogen) atoms. The zero-order chi connectivity index (χ0) is 14.5. The molecule has 5 rings (SSSR count). The maximum absolute atomic E-state index is 4.68. The van der Waals surface area contributed by atoms with E-state index in [0.717, 1.165) is 44.1 Å². The number of rotatable bonds is 0. The molecular weight excluding hydrogens is 276 g/mol.